The summed E-state index contributed by atoms with van der Waals surface area (Å²) in [6, 6.07) is 7.43. The van der Waals surface area contributed by atoms with Gasteiger partial charge in [-0.25, -0.2) is 0 Å². The third-order valence-electron chi connectivity index (χ3n) is 2.15. The lowest BCUT2D eigenvalue weighted by atomic mass is 10.3. The van der Waals surface area contributed by atoms with Crippen molar-refractivity contribution in [1.82, 2.24) is 10.1 Å². The van der Waals surface area contributed by atoms with Gasteiger partial charge in [0, 0.05) is 24.8 Å². The van der Waals surface area contributed by atoms with E-state index < -0.39 is 0 Å². The number of nitrogens with one attached hydrogen (secondary N) is 1. The van der Waals surface area contributed by atoms with Crippen LogP contribution in [0.3, 0.4) is 0 Å². The Morgan fingerprint density at radius 2 is 2.00 bits per heavy atom. The van der Waals surface area contributed by atoms with Gasteiger partial charge in [0.25, 0.3) is 5.95 Å². The molecule has 6 heteroatoms. The van der Waals surface area contributed by atoms with Gasteiger partial charge in [-0.15, -0.1) is 0 Å². The molecule has 17 heavy (non-hydrogen) atoms. The number of nitrogens with zero attached hydrogens (tertiary/aromatic N) is 3. The van der Waals surface area contributed by atoms with E-state index in [-0.39, 0.29) is 0 Å². The van der Waals surface area contributed by atoms with Gasteiger partial charge in [0.1, 0.15) is 0 Å². The van der Waals surface area contributed by atoms with Crippen LogP contribution in [-0.4, -0.2) is 24.2 Å². The first kappa shape index (κ1) is 11.7. The second-order valence-electron chi connectivity index (χ2n) is 3.74. The minimum atomic E-state index is 0.489. The average Bonchev–Trinajstić information content (AvgIpc) is 2.77. The maximum Gasteiger partial charge on any atom is 0.265 e. The summed E-state index contributed by atoms with van der Waals surface area (Å²) >= 11 is 5.79. The van der Waals surface area contributed by atoms with Crippen molar-refractivity contribution in [3.8, 4) is 0 Å². The van der Waals surface area contributed by atoms with Crippen molar-refractivity contribution in [3.05, 3.63) is 35.2 Å². The first-order valence-corrected chi connectivity index (χ1v) is 5.52. The molecule has 0 unspecified atom stereocenters. The van der Waals surface area contributed by atoms with Crippen LogP contribution in [0.15, 0.2) is 28.8 Å². The summed E-state index contributed by atoms with van der Waals surface area (Å²) < 4.78 is 5.08. The zero-order valence-electron chi connectivity index (χ0n) is 9.64. The van der Waals surface area contributed by atoms with Gasteiger partial charge in [-0.2, -0.15) is 4.98 Å². The maximum absolute atomic E-state index is 5.79. The van der Waals surface area contributed by atoms with Crippen molar-refractivity contribution in [2.24, 2.45) is 0 Å². The molecule has 2 aromatic rings. The fraction of sp³-hybridized carbons (Fsp3) is 0.273. The lowest BCUT2D eigenvalue weighted by Gasteiger charge is -2.03. The predicted octanol–water partition coefficient (Wildman–Crippen LogP) is 2.40. The van der Waals surface area contributed by atoms with Crippen LogP contribution in [0, 0.1) is 0 Å². The Morgan fingerprint density at radius 3 is 2.59 bits per heavy atom. The van der Waals surface area contributed by atoms with E-state index in [0.29, 0.717) is 23.4 Å². The minimum Gasteiger partial charge on any atom is -0.376 e. The molecule has 0 radical (unpaired) electrons. The van der Waals surface area contributed by atoms with E-state index in [9.17, 15) is 0 Å². The molecule has 0 bridgehead atoms. The van der Waals surface area contributed by atoms with Gasteiger partial charge in [-0.05, 0) is 29.4 Å². The van der Waals surface area contributed by atoms with Crippen LogP contribution in [0.2, 0.25) is 5.02 Å². The number of hydrogen-bond acceptors (Lipinski definition) is 5. The normalized spacial score (nSPS) is 10.3. The maximum atomic E-state index is 5.79. The van der Waals surface area contributed by atoms with Gasteiger partial charge in [0.2, 0.25) is 5.89 Å². The third-order valence-corrected chi connectivity index (χ3v) is 2.40. The number of halogens is 1. The number of rotatable bonds is 4. The number of benzene rings is 1. The molecule has 1 aromatic heterocycles. The van der Waals surface area contributed by atoms with Gasteiger partial charge in [-0.1, -0.05) is 11.6 Å². The molecule has 0 amide bonds. The molecular formula is C11H13ClN4O. The van der Waals surface area contributed by atoms with Crippen molar-refractivity contribution in [1.29, 1.82) is 0 Å². The van der Waals surface area contributed by atoms with Crippen molar-refractivity contribution in [2.45, 2.75) is 6.54 Å². The van der Waals surface area contributed by atoms with E-state index in [1.165, 1.54) is 0 Å². The van der Waals surface area contributed by atoms with E-state index >= 15 is 0 Å². The molecule has 0 atom stereocenters. The summed E-state index contributed by atoms with van der Waals surface area (Å²) in [5.74, 6) is 1.11. The fourth-order valence-corrected chi connectivity index (χ4v) is 1.37. The predicted molar refractivity (Wildman–Crippen MR) is 67.4 cm³/mol. The zero-order chi connectivity index (χ0) is 12.3. The van der Waals surface area contributed by atoms with Crippen LogP contribution in [0.1, 0.15) is 5.89 Å². The highest BCUT2D eigenvalue weighted by atomic mass is 35.5. The van der Waals surface area contributed by atoms with Crippen LogP contribution < -0.4 is 10.2 Å². The topological polar surface area (TPSA) is 54.2 Å². The Morgan fingerprint density at radius 1 is 1.29 bits per heavy atom. The molecule has 0 saturated heterocycles. The first-order valence-electron chi connectivity index (χ1n) is 5.14. The molecule has 0 aliphatic carbocycles. The molecule has 90 valence electrons. The molecule has 0 aliphatic heterocycles. The zero-order valence-corrected chi connectivity index (χ0v) is 10.4. The second-order valence-corrected chi connectivity index (χ2v) is 4.18. The standard InChI is InChI=1S/C11H13ClN4O/c1-16(2)11-14-10(17-15-11)7-13-9-5-3-8(12)4-6-9/h3-6,13H,7H2,1-2H3. The van der Waals surface area contributed by atoms with Crippen molar-refractivity contribution >= 4 is 23.2 Å². The molecule has 1 heterocycles. The van der Waals surface area contributed by atoms with Crippen LogP contribution in [-0.2, 0) is 6.54 Å². The van der Waals surface area contributed by atoms with E-state index in [1.807, 2.05) is 38.4 Å². The van der Waals surface area contributed by atoms with Crippen LogP contribution >= 0.6 is 11.6 Å². The molecular weight excluding hydrogens is 240 g/mol. The fourth-order valence-electron chi connectivity index (χ4n) is 1.24. The summed E-state index contributed by atoms with van der Waals surface area (Å²) in [4.78, 5) is 5.99. The average molecular weight is 253 g/mol. The Hall–Kier alpha value is -1.75. The highest BCUT2D eigenvalue weighted by Crippen LogP contribution is 2.14. The van der Waals surface area contributed by atoms with Crippen molar-refractivity contribution < 1.29 is 4.52 Å². The number of aromatic nitrogens is 2. The molecule has 0 fully saturated rings. The molecule has 2 rings (SSSR count). The third kappa shape index (κ3) is 3.10. The van der Waals surface area contributed by atoms with Gasteiger partial charge in [0.05, 0.1) is 6.54 Å². The van der Waals surface area contributed by atoms with Crippen LogP contribution in [0.4, 0.5) is 11.6 Å². The van der Waals surface area contributed by atoms with Gasteiger partial charge in [-0.3, -0.25) is 0 Å². The smallest absolute Gasteiger partial charge is 0.265 e. The second kappa shape index (κ2) is 5.05. The van der Waals surface area contributed by atoms with Crippen LogP contribution in [0.25, 0.3) is 0 Å². The summed E-state index contributed by atoms with van der Waals surface area (Å²) in [6.45, 7) is 0.489. The largest absolute Gasteiger partial charge is 0.376 e. The molecule has 1 N–H and O–H groups in total. The van der Waals surface area contributed by atoms with E-state index in [0.717, 1.165) is 5.69 Å². The summed E-state index contributed by atoms with van der Waals surface area (Å²) in [5, 5.41) is 7.70. The Balaban J connectivity index is 1.95. The van der Waals surface area contributed by atoms with Crippen LogP contribution in [0.5, 0.6) is 0 Å². The van der Waals surface area contributed by atoms with E-state index in [4.69, 9.17) is 16.1 Å². The van der Waals surface area contributed by atoms with Gasteiger partial charge < -0.3 is 14.7 Å². The molecule has 5 nitrogen and oxygen atoms in total. The highest BCUT2D eigenvalue weighted by Gasteiger charge is 2.06. The summed E-state index contributed by atoms with van der Waals surface area (Å²) in [7, 11) is 3.72. The van der Waals surface area contributed by atoms with E-state index in [1.54, 1.807) is 4.90 Å². The quantitative estimate of drug-likeness (QED) is 0.906. The van der Waals surface area contributed by atoms with E-state index in [2.05, 4.69) is 15.5 Å². The van der Waals surface area contributed by atoms with Gasteiger partial charge >= 0.3 is 0 Å². The highest BCUT2D eigenvalue weighted by molar-refractivity contribution is 6.30. The molecule has 0 aliphatic rings. The minimum absolute atomic E-state index is 0.489. The molecule has 1 aromatic carbocycles. The first-order chi connectivity index (χ1) is 8.15. The molecule has 0 spiro atoms. The van der Waals surface area contributed by atoms with Crippen molar-refractivity contribution in [2.75, 3.05) is 24.3 Å². The number of anilines is 2. The lowest BCUT2D eigenvalue weighted by Crippen LogP contribution is -2.10. The van der Waals surface area contributed by atoms with Gasteiger partial charge in [0.15, 0.2) is 0 Å². The number of hydrogen-bond donors (Lipinski definition) is 1. The monoisotopic (exact) mass is 252 g/mol. The lowest BCUT2D eigenvalue weighted by molar-refractivity contribution is 0.383. The SMILES string of the molecule is CN(C)c1noc(CNc2ccc(Cl)cc2)n1. The van der Waals surface area contributed by atoms with Crippen molar-refractivity contribution in [3.63, 3.8) is 0 Å². The molecule has 0 saturated carbocycles. The summed E-state index contributed by atoms with van der Waals surface area (Å²) in [5.41, 5.74) is 0.957. The Labute approximate surface area is 104 Å². The summed E-state index contributed by atoms with van der Waals surface area (Å²) in [6.07, 6.45) is 0. The Kier molecular flexibility index (Phi) is 3.49. The Bertz CT molecular complexity index is 480.